The Kier molecular flexibility index (Phi) is 6.02. The summed E-state index contributed by atoms with van der Waals surface area (Å²) in [5.41, 5.74) is 0.988. The average Bonchev–Trinajstić information content (AvgIpc) is 2.46. The first-order chi connectivity index (χ1) is 9.60. The number of hydrogen-bond donors (Lipinski definition) is 1. The first-order valence-electron chi connectivity index (χ1n) is 7.29. The smallest absolute Gasteiger partial charge is 0.0802 e. The van der Waals surface area contributed by atoms with Gasteiger partial charge >= 0.3 is 0 Å². The van der Waals surface area contributed by atoms with E-state index in [9.17, 15) is 5.11 Å². The Morgan fingerprint density at radius 2 is 2.10 bits per heavy atom. The number of rotatable bonds is 5. The molecule has 3 unspecified atom stereocenters. The van der Waals surface area contributed by atoms with Crippen LogP contribution in [0.5, 0.6) is 0 Å². The van der Waals surface area contributed by atoms with Gasteiger partial charge in [0, 0.05) is 24.7 Å². The Morgan fingerprint density at radius 1 is 1.40 bits per heavy atom. The number of methoxy groups -OCH3 is 1. The second-order valence-corrected chi connectivity index (χ2v) is 6.61. The molecule has 20 heavy (non-hydrogen) atoms. The molecule has 1 aliphatic rings. The Morgan fingerprint density at radius 3 is 2.75 bits per heavy atom. The van der Waals surface area contributed by atoms with E-state index in [4.69, 9.17) is 4.74 Å². The molecule has 0 radical (unpaired) electrons. The predicted molar refractivity (Wildman–Crippen MR) is 84.7 cm³/mol. The second-order valence-electron chi connectivity index (χ2n) is 5.70. The van der Waals surface area contributed by atoms with Crippen molar-refractivity contribution in [3.8, 4) is 0 Å². The van der Waals surface area contributed by atoms with Gasteiger partial charge in [-0.05, 0) is 43.0 Å². The van der Waals surface area contributed by atoms with Crippen molar-refractivity contribution in [3.63, 3.8) is 0 Å². The van der Waals surface area contributed by atoms with Gasteiger partial charge in [-0.15, -0.1) is 0 Å². The summed E-state index contributed by atoms with van der Waals surface area (Å²) >= 11 is 3.41. The number of likely N-dealkylation sites (tertiary alicyclic amines) is 1. The third-order valence-electron chi connectivity index (χ3n) is 4.25. The molecule has 3 nitrogen and oxygen atoms in total. The van der Waals surface area contributed by atoms with Gasteiger partial charge in [0.25, 0.3) is 0 Å². The number of benzene rings is 1. The van der Waals surface area contributed by atoms with Crippen LogP contribution < -0.4 is 0 Å². The van der Waals surface area contributed by atoms with Crippen LogP contribution >= 0.6 is 15.9 Å². The highest BCUT2D eigenvalue weighted by atomic mass is 79.9. The van der Waals surface area contributed by atoms with Crippen LogP contribution in [0.4, 0.5) is 0 Å². The SMILES string of the molecule is COC1CN(CCC(O)c2ccc(Br)cc2)CCC1C. The highest BCUT2D eigenvalue weighted by Crippen LogP contribution is 2.23. The number of ether oxygens (including phenoxy) is 1. The number of piperidine rings is 1. The first kappa shape index (κ1) is 16.0. The van der Waals surface area contributed by atoms with Crippen LogP contribution in [0, 0.1) is 5.92 Å². The number of hydrogen-bond acceptors (Lipinski definition) is 3. The van der Waals surface area contributed by atoms with Crippen molar-refractivity contribution in [2.24, 2.45) is 5.92 Å². The standard InChI is InChI=1S/C16H24BrNO2/c1-12-7-9-18(11-16(12)20-2)10-8-15(19)13-3-5-14(17)6-4-13/h3-6,12,15-16,19H,7-11H2,1-2H3. The summed E-state index contributed by atoms with van der Waals surface area (Å²) < 4.78 is 6.57. The molecular formula is C16H24BrNO2. The molecule has 112 valence electrons. The summed E-state index contributed by atoms with van der Waals surface area (Å²) in [6.45, 7) is 5.25. The van der Waals surface area contributed by atoms with Gasteiger partial charge in [-0.1, -0.05) is 35.0 Å². The molecular weight excluding hydrogens is 318 g/mol. The minimum atomic E-state index is -0.386. The third kappa shape index (κ3) is 4.29. The van der Waals surface area contributed by atoms with E-state index in [2.05, 4.69) is 27.8 Å². The lowest BCUT2D eigenvalue weighted by Crippen LogP contribution is -2.44. The summed E-state index contributed by atoms with van der Waals surface area (Å²) in [6, 6.07) is 7.90. The maximum Gasteiger partial charge on any atom is 0.0802 e. The van der Waals surface area contributed by atoms with E-state index in [1.165, 1.54) is 6.42 Å². The zero-order valence-corrected chi connectivity index (χ0v) is 13.8. The van der Waals surface area contributed by atoms with E-state index < -0.39 is 0 Å². The van der Waals surface area contributed by atoms with E-state index >= 15 is 0 Å². The molecule has 1 aliphatic heterocycles. The van der Waals surface area contributed by atoms with Crippen LogP contribution in [0.3, 0.4) is 0 Å². The molecule has 1 heterocycles. The van der Waals surface area contributed by atoms with Crippen molar-refractivity contribution in [2.75, 3.05) is 26.7 Å². The van der Waals surface area contributed by atoms with Gasteiger partial charge < -0.3 is 14.7 Å². The van der Waals surface area contributed by atoms with Crippen molar-refractivity contribution in [1.29, 1.82) is 0 Å². The van der Waals surface area contributed by atoms with Gasteiger partial charge in [0.15, 0.2) is 0 Å². The highest BCUT2D eigenvalue weighted by molar-refractivity contribution is 9.10. The van der Waals surface area contributed by atoms with Gasteiger partial charge in [0.1, 0.15) is 0 Å². The molecule has 0 spiro atoms. The van der Waals surface area contributed by atoms with E-state index in [0.29, 0.717) is 12.0 Å². The Bertz CT molecular complexity index is 409. The normalized spacial score (nSPS) is 25.6. The average molecular weight is 342 g/mol. The van der Waals surface area contributed by atoms with E-state index in [1.807, 2.05) is 24.3 Å². The molecule has 1 fully saturated rings. The third-order valence-corrected chi connectivity index (χ3v) is 4.78. The van der Waals surface area contributed by atoms with Gasteiger partial charge in [-0.3, -0.25) is 0 Å². The molecule has 1 saturated heterocycles. The van der Waals surface area contributed by atoms with Gasteiger partial charge in [-0.2, -0.15) is 0 Å². The Hall–Kier alpha value is -0.420. The lowest BCUT2D eigenvalue weighted by molar-refractivity contribution is -0.00867. The minimum Gasteiger partial charge on any atom is -0.388 e. The molecule has 0 aromatic heterocycles. The molecule has 1 N–H and O–H groups in total. The van der Waals surface area contributed by atoms with Gasteiger partial charge in [-0.25, -0.2) is 0 Å². The van der Waals surface area contributed by atoms with Gasteiger partial charge in [0.2, 0.25) is 0 Å². The van der Waals surface area contributed by atoms with Crippen molar-refractivity contribution in [3.05, 3.63) is 34.3 Å². The lowest BCUT2D eigenvalue weighted by Gasteiger charge is -2.36. The lowest BCUT2D eigenvalue weighted by atomic mass is 9.95. The Labute approximate surface area is 130 Å². The Balaban J connectivity index is 1.81. The van der Waals surface area contributed by atoms with Crippen LogP contribution in [0.1, 0.15) is 31.4 Å². The molecule has 1 aromatic carbocycles. The fourth-order valence-corrected chi connectivity index (χ4v) is 3.03. The molecule has 3 atom stereocenters. The van der Waals surface area contributed by atoms with Crippen molar-refractivity contribution in [2.45, 2.75) is 32.0 Å². The summed E-state index contributed by atoms with van der Waals surface area (Å²) in [6.07, 6.45) is 1.89. The number of aliphatic hydroxyl groups excluding tert-OH is 1. The fourth-order valence-electron chi connectivity index (χ4n) is 2.76. The van der Waals surface area contributed by atoms with Crippen LogP contribution in [0.25, 0.3) is 0 Å². The van der Waals surface area contributed by atoms with E-state index in [1.54, 1.807) is 7.11 Å². The molecule has 0 amide bonds. The van der Waals surface area contributed by atoms with Crippen molar-refractivity contribution < 1.29 is 9.84 Å². The summed E-state index contributed by atoms with van der Waals surface area (Å²) in [5, 5.41) is 10.2. The summed E-state index contributed by atoms with van der Waals surface area (Å²) in [7, 11) is 1.79. The molecule has 4 heteroatoms. The maximum atomic E-state index is 10.2. The minimum absolute atomic E-state index is 0.327. The summed E-state index contributed by atoms with van der Waals surface area (Å²) in [5.74, 6) is 0.632. The second kappa shape index (κ2) is 7.55. The van der Waals surface area contributed by atoms with Crippen LogP contribution in [-0.4, -0.2) is 42.9 Å². The van der Waals surface area contributed by atoms with Crippen LogP contribution in [-0.2, 0) is 4.74 Å². The number of aliphatic hydroxyl groups is 1. The predicted octanol–water partition coefficient (Wildman–Crippen LogP) is 3.23. The van der Waals surface area contributed by atoms with Crippen molar-refractivity contribution in [1.82, 2.24) is 4.90 Å². The molecule has 0 bridgehead atoms. The molecule has 0 aliphatic carbocycles. The quantitative estimate of drug-likeness (QED) is 0.892. The monoisotopic (exact) mass is 341 g/mol. The van der Waals surface area contributed by atoms with E-state index in [-0.39, 0.29) is 6.10 Å². The van der Waals surface area contributed by atoms with E-state index in [0.717, 1.165) is 36.1 Å². The van der Waals surface area contributed by atoms with Crippen molar-refractivity contribution >= 4 is 15.9 Å². The van der Waals surface area contributed by atoms with Crippen LogP contribution in [0.15, 0.2) is 28.7 Å². The van der Waals surface area contributed by atoms with Gasteiger partial charge in [0.05, 0.1) is 12.2 Å². The molecule has 2 rings (SSSR count). The fraction of sp³-hybridized carbons (Fsp3) is 0.625. The molecule has 1 aromatic rings. The zero-order chi connectivity index (χ0) is 14.5. The van der Waals surface area contributed by atoms with Crippen LogP contribution in [0.2, 0.25) is 0 Å². The summed E-state index contributed by atoms with van der Waals surface area (Å²) in [4.78, 5) is 2.40. The zero-order valence-electron chi connectivity index (χ0n) is 12.3. The highest BCUT2D eigenvalue weighted by Gasteiger charge is 2.26. The number of halogens is 1. The molecule has 0 saturated carbocycles. The number of nitrogens with zero attached hydrogens (tertiary/aromatic N) is 1. The largest absolute Gasteiger partial charge is 0.388 e. The topological polar surface area (TPSA) is 32.7 Å². The maximum absolute atomic E-state index is 10.2. The first-order valence-corrected chi connectivity index (χ1v) is 8.08.